The first-order valence-electron chi connectivity index (χ1n) is 11.7. The molecule has 0 saturated heterocycles. The van der Waals surface area contributed by atoms with E-state index in [1.165, 1.54) is 0 Å². The molecule has 1 aliphatic heterocycles. The zero-order valence-corrected chi connectivity index (χ0v) is 22.9. The van der Waals surface area contributed by atoms with Crippen molar-refractivity contribution in [3.05, 3.63) is 97.9 Å². The molecular weight excluding hydrogens is 581 g/mol. The third kappa shape index (κ3) is 7.24. The number of ether oxygens (including phenoxy) is 2. The second-order valence-corrected chi connectivity index (χ2v) is 10.3. The van der Waals surface area contributed by atoms with Crippen molar-refractivity contribution in [2.45, 2.75) is 24.9 Å². The number of aliphatic imine (C=N–C) groups is 1. The maximum Gasteiger partial charge on any atom is 0.266 e. The maximum absolute atomic E-state index is 13.5. The van der Waals surface area contributed by atoms with Gasteiger partial charge in [-0.3, -0.25) is 10.2 Å². The number of hydrogen-bond donors (Lipinski definition) is 3. The predicted molar refractivity (Wildman–Crippen MR) is 148 cm³/mol. The van der Waals surface area contributed by atoms with Crippen LogP contribution >= 0.6 is 39.1 Å². The molecule has 3 aromatic carbocycles. The van der Waals surface area contributed by atoms with Crippen LogP contribution in [0.2, 0.25) is 10.0 Å². The summed E-state index contributed by atoms with van der Waals surface area (Å²) >= 11 is 15.5. The maximum atomic E-state index is 13.5. The van der Waals surface area contributed by atoms with Gasteiger partial charge in [-0.15, -0.1) is 0 Å². The van der Waals surface area contributed by atoms with Crippen LogP contribution in [0.4, 0.5) is 0 Å². The number of halogens is 3. The molecule has 10 heteroatoms. The number of amides is 1. The molecule has 4 rings (SSSR count). The summed E-state index contributed by atoms with van der Waals surface area (Å²) < 4.78 is 12.5. The predicted octanol–water partition coefficient (Wildman–Crippen LogP) is 5.10. The number of rotatable bonds is 11. The van der Waals surface area contributed by atoms with Gasteiger partial charge in [0.2, 0.25) is 5.90 Å². The zero-order chi connectivity index (χ0) is 26.3. The second-order valence-electron chi connectivity index (χ2n) is 8.55. The Bertz CT molecular complexity index is 1260. The first-order chi connectivity index (χ1) is 17.9. The monoisotopic (exact) mass is 605 g/mol. The normalized spacial score (nSPS) is 16.7. The summed E-state index contributed by atoms with van der Waals surface area (Å²) in [5, 5.41) is 9.83. The third-order valence-electron chi connectivity index (χ3n) is 5.75. The van der Waals surface area contributed by atoms with E-state index >= 15 is 0 Å². The molecule has 3 N–H and O–H groups in total. The van der Waals surface area contributed by atoms with Gasteiger partial charge in [0.25, 0.3) is 5.91 Å². The van der Waals surface area contributed by atoms with E-state index in [9.17, 15) is 4.79 Å². The van der Waals surface area contributed by atoms with Crippen molar-refractivity contribution in [3.8, 4) is 5.75 Å². The summed E-state index contributed by atoms with van der Waals surface area (Å²) in [5.74, 6) is 0.759. The van der Waals surface area contributed by atoms with Crippen molar-refractivity contribution in [1.82, 2.24) is 10.9 Å². The van der Waals surface area contributed by atoms with Crippen molar-refractivity contribution in [2.24, 2.45) is 4.99 Å². The fraction of sp³-hybridized carbons (Fsp3) is 0.259. The quantitative estimate of drug-likeness (QED) is 0.209. The number of aliphatic hydroxyl groups is 1. The van der Waals surface area contributed by atoms with Crippen LogP contribution in [0.5, 0.6) is 5.75 Å². The Balaban J connectivity index is 1.50. The number of nitrogens with zero attached hydrogens (tertiary/aromatic N) is 1. The summed E-state index contributed by atoms with van der Waals surface area (Å²) in [6.07, 6.45) is 0.913. The first-order valence-corrected chi connectivity index (χ1v) is 13.2. The Morgan fingerprint density at radius 3 is 2.49 bits per heavy atom. The lowest BCUT2D eigenvalue weighted by atomic mass is 9.91. The first kappa shape index (κ1) is 27.4. The average molecular weight is 607 g/mol. The van der Waals surface area contributed by atoms with Gasteiger partial charge in [-0.05, 0) is 59.7 Å². The van der Waals surface area contributed by atoms with E-state index in [-0.39, 0.29) is 19.1 Å². The highest BCUT2D eigenvalue weighted by Crippen LogP contribution is 2.28. The van der Waals surface area contributed by atoms with E-state index in [4.69, 9.17) is 42.8 Å². The van der Waals surface area contributed by atoms with Gasteiger partial charge in [-0.25, -0.2) is 10.4 Å². The fourth-order valence-electron chi connectivity index (χ4n) is 3.76. The van der Waals surface area contributed by atoms with E-state index < -0.39 is 5.54 Å². The number of hydrogen-bond acceptors (Lipinski definition) is 6. The Morgan fingerprint density at radius 2 is 1.78 bits per heavy atom. The molecule has 0 bridgehead atoms. The number of carbonyl (C=O) groups excluding carboxylic acids is 1. The van der Waals surface area contributed by atoms with Gasteiger partial charge in [0, 0.05) is 36.0 Å². The minimum absolute atomic E-state index is 0.0769. The lowest BCUT2D eigenvalue weighted by Crippen LogP contribution is -2.52. The minimum Gasteiger partial charge on any atom is -0.494 e. The molecule has 1 atom stereocenters. The van der Waals surface area contributed by atoms with Crippen molar-refractivity contribution >= 4 is 50.9 Å². The minimum atomic E-state index is -1.16. The smallest absolute Gasteiger partial charge is 0.266 e. The highest BCUT2D eigenvalue weighted by Gasteiger charge is 2.44. The molecule has 1 amide bonds. The molecule has 7 nitrogen and oxygen atoms in total. The van der Waals surface area contributed by atoms with Crippen LogP contribution in [0.1, 0.15) is 23.1 Å². The number of aliphatic hydroxyl groups excluding tert-OH is 1. The molecule has 0 aliphatic carbocycles. The summed E-state index contributed by atoms with van der Waals surface area (Å²) in [4.78, 5) is 18.3. The van der Waals surface area contributed by atoms with Gasteiger partial charge in [0.15, 0.2) is 5.54 Å². The standard InChI is InChI=1S/C27H26BrCl2N3O4/c28-21-7-2-18(3-8-21)15-27(26(35)33-31-16-19-4-11-23(29)24(30)14-19)17-37-25(32-27)20-5-9-22(10-6-20)36-13-1-12-34/h2-11,14,31,34H,1,12-13,15-17H2,(H,33,35)/t27-/m0/s1. The van der Waals surface area contributed by atoms with Crippen LogP contribution in [-0.4, -0.2) is 42.3 Å². The highest BCUT2D eigenvalue weighted by atomic mass is 79.9. The van der Waals surface area contributed by atoms with E-state index in [1.54, 1.807) is 12.1 Å². The van der Waals surface area contributed by atoms with E-state index in [0.29, 0.717) is 47.7 Å². The van der Waals surface area contributed by atoms with Gasteiger partial charge in [0.05, 0.1) is 16.7 Å². The summed E-state index contributed by atoms with van der Waals surface area (Å²) in [5.41, 5.74) is 7.14. The number of benzene rings is 3. The van der Waals surface area contributed by atoms with E-state index in [1.807, 2.05) is 54.6 Å². The Hall–Kier alpha value is -2.62. The second kappa shape index (κ2) is 12.8. The van der Waals surface area contributed by atoms with Crippen molar-refractivity contribution in [2.75, 3.05) is 19.8 Å². The molecule has 1 heterocycles. The summed E-state index contributed by atoms with van der Waals surface area (Å²) in [6, 6.07) is 20.3. The number of hydrazine groups is 1. The van der Waals surface area contributed by atoms with Crippen LogP contribution in [0, 0.1) is 0 Å². The molecule has 0 aromatic heterocycles. The van der Waals surface area contributed by atoms with E-state index in [0.717, 1.165) is 21.2 Å². The van der Waals surface area contributed by atoms with Crippen molar-refractivity contribution in [1.29, 1.82) is 0 Å². The van der Waals surface area contributed by atoms with Gasteiger partial charge < -0.3 is 14.6 Å². The van der Waals surface area contributed by atoms with Crippen LogP contribution < -0.4 is 15.6 Å². The number of carbonyl (C=O) groups is 1. The van der Waals surface area contributed by atoms with Gasteiger partial charge in [-0.2, -0.15) is 0 Å². The van der Waals surface area contributed by atoms with E-state index in [2.05, 4.69) is 26.8 Å². The molecule has 1 aliphatic rings. The van der Waals surface area contributed by atoms with Crippen LogP contribution in [0.15, 0.2) is 76.2 Å². The Kier molecular flexibility index (Phi) is 9.45. The van der Waals surface area contributed by atoms with Crippen LogP contribution in [0.3, 0.4) is 0 Å². The summed E-state index contributed by atoms with van der Waals surface area (Å²) in [7, 11) is 0. The van der Waals surface area contributed by atoms with Crippen LogP contribution in [-0.2, 0) is 22.5 Å². The van der Waals surface area contributed by atoms with Gasteiger partial charge >= 0.3 is 0 Å². The molecule has 0 spiro atoms. The average Bonchev–Trinajstić information content (AvgIpc) is 3.33. The Labute approximate surface area is 233 Å². The molecule has 3 aromatic rings. The molecule has 0 radical (unpaired) electrons. The van der Waals surface area contributed by atoms with Crippen LogP contribution in [0.25, 0.3) is 0 Å². The molecule has 0 unspecified atom stereocenters. The third-order valence-corrected chi connectivity index (χ3v) is 7.01. The lowest BCUT2D eigenvalue weighted by molar-refractivity contribution is -0.127. The Morgan fingerprint density at radius 1 is 1.05 bits per heavy atom. The largest absolute Gasteiger partial charge is 0.494 e. The molecule has 37 heavy (non-hydrogen) atoms. The van der Waals surface area contributed by atoms with Gasteiger partial charge in [0.1, 0.15) is 12.4 Å². The topological polar surface area (TPSA) is 92.2 Å². The molecule has 194 valence electrons. The highest BCUT2D eigenvalue weighted by molar-refractivity contribution is 9.10. The van der Waals surface area contributed by atoms with Crippen molar-refractivity contribution in [3.63, 3.8) is 0 Å². The van der Waals surface area contributed by atoms with Crippen molar-refractivity contribution < 1.29 is 19.4 Å². The molecule has 0 saturated carbocycles. The summed E-state index contributed by atoms with van der Waals surface area (Å²) in [6.45, 7) is 0.951. The lowest BCUT2D eigenvalue weighted by Gasteiger charge is -2.23. The SMILES string of the molecule is O=C(NNCc1ccc(Cl)c(Cl)c1)[C@]1(Cc2ccc(Br)cc2)COC(c2ccc(OCCCO)cc2)=N1. The molecule has 0 fully saturated rings. The fourth-order valence-corrected chi connectivity index (χ4v) is 4.35. The molecular formula is C27H26BrCl2N3O4. The number of nitrogens with one attached hydrogen (secondary N) is 2. The zero-order valence-electron chi connectivity index (χ0n) is 19.8. The van der Waals surface area contributed by atoms with Gasteiger partial charge in [-0.1, -0.05) is 57.3 Å².